The fourth-order valence-electron chi connectivity index (χ4n) is 4.62. The summed E-state index contributed by atoms with van der Waals surface area (Å²) in [6, 6.07) is 11.6. The van der Waals surface area contributed by atoms with E-state index in [2.05, 4.69) is 14.9 Å². The minimum absolute atomic E-state index is 0.0933. The Balaban J connectivity index is 1.42. The number of hydrogen-bond acceptors (Lipinski definition) is 7. The van der Waals surface area contributed by atoms with Crippen LogP contribution < -0.4 is 0 Å². The summed E-state index contributed by atoms with van der Waals surface area (Å²) in [6.45, 7) is 3.25. The fourth-order valence-corrected chi connectivity index (χ4v) is 5.60. The van der Waals surface area contributed by atoms with Gasteiger partial charge in [0, 0.05) is 74.2 Å². The predicted molar refractivity (Wildman–Crippen MR) is 156 cm³/mol. The van der Waals surface area contributed by atoms with Crippen LogP contribution in [0, 0.1) is 11.6 Å². The van der Waals surface area contributed by atoms with E-state index in [1.807, 2.05) is 36.8 Å². The first-order valence-corrected chi connectivity index (χ1v) is 14.4. The number of carbonyl (C=O) groups is 1. The number of benzene rings is 2. The first-order chi connectivity index (χ1) is 19.3. The fraction of sp³-hybridized carbons (Fsp3) is 0.333. The molecule has 1 aliphatic heterocycles. The van der Waals surface area contributed by atoms with Crippen molar-refractivity contribution >= 4 is 28.7 Å². The van der Waals surface area contributed by atoms with Gasteiger partial charge in [-0.25, -0.2) is 13.8 Å². The lowest BCUT2D eigenvalue weighted by Gasteiger charge is -2.26. The molecule has 208 valence electrons. The van der Waals surface area contributed by atoms with Crippen molar-refractivity contribution in [2.75, 3.05) is 58.8 Å². The summed E-state index contributed by atoms with van der Waals surface area (Å²) in [7, 11) is 5.67. The normalized spacial score (nSPS) is 14.2. The molecular formula is C30H32F2N6OS. The highest BCUT2D eigenvalue weighted by molar-refractivity contribution is 7.99. The first-order valence-electron chi connectivity index (χ1n) is 13.2. The molecule has 0 radical (unpaired) electrons. The summed E-state index contributed by atoms with van der Waals surface area (Å²) in [5, 5.41) is 0. The molecule has 2 aromatic carbocycles. The van der Waals surface area contributed by atoms with Gasteiger partial charge < -0.3 is 9.80 Å². The van der Waals surface area contributed by atoms with Crippen LogP contribution >= 0.6 is 11.8 Å². The maximum Gasteiger partial charge on any atom is 0.272 e. The lowest BCUT2D eigenvalue weighted by atomic mass is 10.0. The van der Waals surface area contributed by atoms with E-state index in [9.17, 15) is 4.79 Å². The van der Waals surface area contributed by atoms with Gasteiger partial charge in [-0.15, -0.1) is 0 Å². The minimum Gasteiger partial charge on any atom is -0.339 e. The average molecular weight is 563 g/mol. The van der Waals surface area contributed by atoms with Crippen LogP contribution in [0.4, 0.5) is 8.78 Å². The molecule has 0 N–H and O–H groups in total. The van der Waals surface area contributed by atoms with E-state index in [1.54, 1.807) is 48.6 Å². The number of hydrogen-bond donors (Lipinski definition) is 0. The van der Waals surface area contributed by atoms with Gasteiger partial charge in [0.05, 0.1) is 22.9 Å². The zero-order valence-electron chi connectivity index (χ0n) is 22.9. The van der Waals surface area contributed by atoms with Crippen LogP contribution in [0.5, 0.6) is 0 Å². The summed E-state index contributed by atoms with van der Waals surface area (Å²) < 4.78 is 30.4. The van der Waals surface area contributed by atoms with E-state index in [-0.39, 0.29) is 18.0 Å². The van der Waals surface area contributed by atoms with Crippen molar-refractivity contribution in [2.24, 2.45) is 0 Å². The molecule has 3 heterocycles. The van der Waals surface area contributed by atoms with Gasteiger partial charge in [0.25, 0.3) is 5.91 Å². The van der Waals surface area contributed by atoms with Gasteiger partial charge >= 0.3 is 0 Å². The summed E-state index contributed by atoms with van der Waals surface area (Å²) in [4.78, 5) is 32.2. The Morgan fingerprint density at radius 3 is 2.38 bits per heavy atom. The van der Waals surface area contributed by atoms with E-state index in [0.29, 0.717) is 45.7 Å². The number of fused-ring (bicyclic) bond motifs is 1. The van der Waals surface area contributed by atoms with Crippen LogP contribution in [-0.4, -0.2) is 94.4 Å². The Labute approximate surface area is 237 Å². The molecule has 5 rings (SSSR count). The van der Waals surface area contributed by atoms with Crippen molar-refractivity contribution in [1.29, 1.82) is 0 Å². The third-order valence-corrected chi connectivity index (χ3v) is 7.96. The summed E-state index contributed by atoms with van der Waals surface area (Å²) >= 11 is 1.86. The lowest BCUT2D eigenvalue weighted by molar-refractivity contribution is 0.0780. The molecule has 1 amide bonds. The van der Waals surface area contributed by atoms with Crippen molar-refractivity contribution in [3.8, 4) is 22.4 Å². The third-order valence-electron chi connectivity index (χ3n) is 7.02. The van der Waals surface area contributed by atoms with Crippen molar-refractivity contribution in [2.45, 2.75) is 6.54 Å². The van der Waals surface area contributed by atoms with Crippen LogP contribution in [0.3, 0.4) is 0 Å². The Kier molecular flexibility index (Phi) is 8.68. The van der Waals surface area contributed by atoms with E-state index < -0.39 is 11.6 Å². The second kappa shape index (κ2) is 12.4. The molecule has 0 bridgehead atoms. The standard InChI is InChI=1S/C30H32F2N6OS/c1-36(2)9-10-37(3)30(39)27-8-7-20(17-33-27)28-18-34-26-6-4-5-22(29(26)35-28)21-15-24(31)23(25(32)16-21)19-38-11-13-40-14-12-38/h4-8,15-18H,9-14,19H2,1-3H3. The van der Waals surface area contributed by atoms with Crippen LogP contribution in [0.1, 0.15) is 16.1 Å². The summed E-state index contributed by atoms with van der Waals surface area (Å²) in [6.07, 6.45) is 3.23. The number of pyridine rings is 1. The molecule has 1 saturated heterocycles. The van der Waals surface area contributed by atoms with Crippen LogP contribution in [0.25, 0.3) is 33.4 Å². The minimum atomic E-state index is -0.561. The third kappa shape index (κ3) is 6.29. The molecule has 0 atom stereocenters. The van der Waals surface area contributed by atoms with Crippen molar-refractivity contribution in [1.82, 2.24) is 29.7 Å². The number of nitrogens with zero attached hydrogens (tertiary/aromatic N) is 6. The topological polar surface area (TPSA) is 65.5 Å². The quantitative estimate of drug-likeness (QED) is 0.305. The van der Waals surface area contributed by atoms with Gasteiger partial charge in [-0.2, -0.15) is 11.8 Å². The Hall–Kier alpha value is -3.47. The van der Waals surface area contributed by atoms with Crippen LogP contribution in [0.2, 0.25) is 0 Å². The molecule has 0 spiro atoms. The smallest absolute Gasteiger partial charge is 0.272 e. The van der Waals surface area contributed by atoms with Gasteiger partial charge in [0.15, 0.2) is 0 Å². The zero-order chi connectivity index (χ0) is 28.2. The molecule has 0 unspecified atom stereocenters. The van der Waals surface area contributed by atoms with E-state index in [0.717, 1.165) is 31.1 Å². The second-order valence-electron chi connectivity index (χ2n) is 10.2. The number of carbonyl (C=O) groups excluding carboxylic acids is 1. The molecule has 1 aliphatic rings. The number of amides is 1. The average Bonchev–Trinajstić information content (AvgIpc) is 2.97. The molecular weight excluding hydrogens is 530 g/mol. The monoisotopic (exact) mass is 562 g/mol. The number of likely N-dealkylation sites (N-methyl/N-ethyl adjacent to an activating group) is 2. The number of para-hydroxylation sites is 1. The molecule has 10 heteroatoms. The number of thioether (sulfide) groups is 1. The first kappa shape index (κ1) is 28.1. The predicted octanol–water partition coefficient (Wildman–Crippen LogP) is 4.82. The molecule has 4 aromatic rings. The molecule has 7 nitrogen and oxygen atoms in total. The van der Waals surface area contributed by atoms with Gasteiger partial charge in [0.2, 0.25) is 0 Å². The van der Waals surface area contributed by atoms with Crippen molar-refractivity contribution in [3.05, 3.63) is 77.8 Å². The Morgan fingerprint density at radius 1 is 0.950 bits per heavy atom. The van der Waals surface area contributed by atoms with Gasteiger partial charge in [0.1, 0.15) is 17.3 Å². The van der Waals surface area contributed by atoms with E-state index in [1.165, 1.54) is 12.1 Å². The van der Waals surface area contributed by atoms with Crippen LogP contribution in [-0.2, 0) is 6.54 Å². The maximum atomic E-state index is 15.2. The molecule has 0 aliphatic carbocycles. The molecule has 1 fully saturated rings. The maximum absolute atomic E-state index is 15.2. The highest BCUT2D eigenvalue weighted by atomic mass is 32.2. The zero-order valence-corrected chi connectivity index (χ0v) is 23.7. The van der Waals surface area contributed by atoms with Crippen molar-refractivity contribution < 1.29 is 13.6 Å². The summed E-state index contributed by atoms with van der Waals surface area (Å²) in [5.74, 6) is 0.664. The SMILES string of the molecule is CN(C)CCN(C)C(=O)c1ccc(-c2cnc3cccc(-c4cc(F)c(CN5CCSCC5)c(F)c4)c3n2)cn1. The van der Waals surface area contributed by atoms with Crippen LogP contribution in [0.15, 0.2) is 54.9 Å². The molecule has 0 saturated carbocycles. The Morgan fingerprint density at radius 2 is 1.70 bits per heavy atom. The van der Waals surface area contributed by atoms with E-state index >= 15 is 8.78 Å². The van der Waals surface area contributed by atoms with Crippen molar-refractivity contribution in [3.63, 3.8) is 0 Å². The highest BCUT2D eigenvalue weighted by Gasteiger charge is 2.19. The number of aromatic nitrogens is 3. The van der Waals surface area contributed by atoms with Gasteiger partial charge in [-0.1, -0.05) is 12.1 Å². The molecule has 2 aromatic heterocycles. The lowest BCUT2D eigenvalue weighted by Crippen LogP contribution is -2.33. The largest absolute Gasteiger partial charge is 0.339 e. The van der Waals surface area contributed by atoms with Gasteiger partial charge in [-0.3, -0.25) is 19.7 Å². The van der Waals surface area contributed by atoms with Gasteiger partial charge in [-0.05, 0) is 50.0 Å². The highest BCUT2D eigenvalue weighted by Crippen LogP contribution is 2.31. The number of rotatable bonds is 8. The second-order valence-corrected chi connectivity index (χ2v) is 11.4. The van der Waals surface area contributed by atoms with E-state index in [4.69, 9.17) is 4.98 Å². The Bertz CT molecular complexity index is 1490. The number of halogens is 2. The summed E-state index contributed by atoms with van der Waals surface area (Å²) in [5.41, 5.74) is 3.81. The molecule has 40 heavy (non-hydrogen) atoms.